The zero-order valence-corrected chi connectivity index (χ0v) is 20.9. The van der Waals surface area contributed by atoms with Crippen LogP contribution in [0.5, 0.6) is 0 Å². The van der Waals surface area contributed by atoms with Crippen LogP contribution in [0.4, 0.5) is 0 Å². The van der Waals surface area contributed by atoms with E-state index in [-0.39, 0.29) is 59.0 Å². The molecule has 0 bridgehead atoms. The molecule has 33 heavy (non-hydrogen) atoms. The topological polar surface area (TPSA) is 118 Å². The fourth-order valence-electron chi connectivity index (χ4n) is 9.33. The van der Waals surface area contributed by atoms with Gasteiger partial charge in [-0.3, -0.25) is 4.79 Å². The van der Waals surface area contributed by atoms with Crippen LogP contribution in [0.2, 0.25) is 0 Å². The number of carboxylic acid groups (broad SMARTS) is 1. The molecule has 0 heterocycles. The number of carbonyl (C=O) groups is 1. The minimum absolute atomic E-state index is 0.0678. The minimum Gasteiger partial charge on any atom is -0.481 e. The molecule has 6 heteroatoms. The molecular formula is C27H46O6. The molecule has 5 N–H and O–H groups in total. The minimum atomic E-state index is -0.878. The Labute approximate surface area is 198 Å². The highest BCUT2D eigenvalue weighted by atomic mass is 16.4. The second-order valence-electron chi connectivity index (χ2n) is 12.9. The van der Waals surface area contributed by atoms with Crippen LogP contribution in [-0.2, 0) is 4.79 Å². The number of carboxylic acids is 1. The number of aliphatic hydroxyl groups excluding tert-OH is 4. The van der Waals surface area contributed by atoms with Crippen LogP contribution in [0.25, 0.3) is 0 Å². The van der Waals surface area contributed by atoms with Crippen molar-refractivity contribution in [2.24, 2.45) is 52.3 Å². The Kier molecular flexibility index (Phi) is 6.98. The molecule has 190 valence electrons. The van der Waals surface area contributed by atoms with E-state index in [1.165, 1.54) is 0 Å². The Hall–Kier alpha value is -0.690. The van der Waals surface area contributed by atoms with Crippen molar-refractivity contribution in [3.8, 4) is 0 Å². The van der Waals surface area contributed by atoms with Gasteiger partial charge >= 0.3 is 5.97 Å². The average molecular weight is 467 g/mol. The fraction of sp³-hybridized carbons (Fsp3) is 0.963. The number of aliphatic carboxylic acids is 1. The normalized spacial score (nSPS) is 49.9. The van der Waals surface area contributed by atoms with Crippen LogP contribution < -0.4 is 0 Å². The lowest BCUT2D eigenvalue weighted by Gasteiger charge is -2.63. The molecular weight excluding hydrogens is 420 g/mol. The standard InChI is InChI=1S/C27H46O6/c1-14(9-18(29)10-15(2)25(32)33)19-5-6-20-24-21(13-23(31)27(19,20)4)26(3)8-7-17(28)11-16(26)12-22(24)30/h14-24,28-31H,5-13H2,1-4H3,(H,32,33)/t14-,15?,16?,17?,18?,19-,20+,21+,22?,23?,24+,26+,27-/m1/s1. The van der Waals surface area contributed by atoms with Crippen molar-refractivity contribution in [1.82, 2.24) is 0 Å². The van der Waals surface area contributed by atoms with Gasteiger partial charge in [-0.25, -0.2) is 0 Å². The van der Waals surface area contributed by atoms with Crippen LogP contribution in [-0.4, -0.2) is 55.9 Å². The van der Waals surface area contributed by atoms with Crippen molar-refractivity contribution in [3.05, 3.63) is 0 Å². The van der Waals surface area contributed by atoms with Crippen LogP contribution in [0, 0.1) is 52.3 Å². The average Bonchev–Trinajstić information content (AvgIpc) is 3.08. The van der Waals surface area contributed by atoms with E-state index in [2.05, 4.69) is 20.8 Å². The Morgan fingerprint density at radius 1 is 0.970 bits per heavy atom. The van der Waals surface area contributed by atoms with Crippen molar-refractivity contribution in [2.45, 2.75) is 110 Å². The Bertz CT molecular complexity index is 727. The Morgan fingerprint density at radius 3 is 2.33 bits per heavy atom. The van der Waals surface area contributed by atoms with Gasteiger partial charge in [0.25, 0.3) is 0 Å². The third-order valence-corrected chi connectivity index (χ3v) is 11.2. The van der Waals surface area contributed by atoms with Gasteiger partial charge in [-0.2, -0.15) is 0 Å². The summed E-state index contributed by atoms with van der Waals surface area (Å²) in [5, 5.41) is 53.0. The number of rotatable bonds is 6. The van der Waals surface area contributed by atoms with Gasteiger partial charge in [0.05, 0.1) is 30.3 Å². The predicted molar refractivity (Wildman–Crippen MR) is 125 cm³/mol. The van der Waals surface area contributed by atoms with Gasteiger partial charge in [-0.1, -0.05) is 27.7 Å². The molecule has 6 nitrogen and oxygen atoms in total. The fourth-order valence-corrected chi connectivity index (χ4v) is 9.33. The van der Waals surface area contributed by atoms with Gasteiger partial charge in [-0.05, 0) is 104 Å². The second-order valence-corrected chi connectivity index (χ2v) is 12.9. The molecule has 4 aliphatic rings. The molecule has 4 fully saturated rings. The first-order valence-corrected chi connectivity index (χ1v) is 13.3. The maximum atomic E-state index is 11.6. The maximum absolute atomic E-state index is 11.6. The van der Waals surface area contributed by atoms with E-state index in [0.29, 0.717) is 18.8 Å². The smallest absolute Gasteiger partial charge is 0.306 e. The van der Waals surface area contributed by atoms with Crippen LogP contribution in [0.1, 0.15) is 85.5 Å². The highest BCUT2D eigenvalue weighted by Gasteiger charge is 2.65. The van der Waals surface area contributed by atoms with E-state index in [1.807, 2.05) is 0 Å². The molecule has 4 saturated carbocycles. The molecule has 0 aromatic heterocycles. The van der Waals surface area contributed by atoms with Gasteiger partial charge in [0.2, 0.25) is 0 Å². The molecule has 0 aromatic carbocycles. The number of fused-ring (bicyclic) bond motifs is 5. The molecule has 0 radical (unpaired) electrons. The SMILES string of the molecule is CC(CC(O)C[C@@H](C)[C@H]1CC[C@H]2[C@@H]3C(O)CC4CC(O)CC[C@]4(C)[C@H]3CC(O)[C@]12C)C(=O)O. The summed E-state index contributed by atoms with van der Waals surface area (Å²) in [6, 6.07) is 0. The van der Waals surface area contributed by atoms with E-state index in [4.69, 9.17) is 0 Å². The monoisotopic (exact) mass is 466 g/mol. The summed E-state index contributed by atoms with van der Waals surface area (Å²) >= 11 is 0. The summed E-state index contributed by atoms with van der Waals surface area (Å²) < 4.78 is 0. The molecule has 13 atom stereocenters. The second kappa shape index (κ2) is 9.07. The molecule has 4 rings (SSSR count). The number of aliphatic hydroxyl groups is 4. The maximum Gasteiger partial charge on any atom is 0.306 e. The van der Waals surface area contributed by atoms with Crippen molar-refractivity contribution in [2.75, 3.05) is 0 Å². The van der Waals surface area contributed by atoms with Crippen LogP contribution >= 0.6 is 0 Å². The van der Waals surface area contributed by atoms with Gasteiger partial charge in [-0.15, -0.1) is 0 Å². The van der Waals surface area contributed by atoms with Gasteiger partial charge in [0, 0.05) is 0 Å². The zero-order chi connectivity index (χ0) is 24.3. The van der Waals surface area contributed by atoms with Crippen LogP contribution in [0.15, 0.2) is 0 Å². The molecule has 0 spiro atoms. The molecule has 0 saturated heterocycles. The highest BCUT2D eigenvalue weighted by Crippen LogP contribution is 2.68. The van der Waals surface area contributed by atoms with Crippen LogP contribution in [0.3, 0.4) is 0 Å². The molecule has 4 aliphatic carbocycles. The van der Waals surface area contributed by atoms with Gasteiger partial charge in [0.15, 0.2) is 0 Å². The van der Waals surface area contributed by atoms with E-state index >= 15 is 0 Å². The van der Waals surface area contributed by atoms with Crippen molar-refractivity contribution in [3.63, 3.8) is 0 Å². The Balaban J connectivity index is 1.53. The summed E-state index contributed by atoms with van der Waals surface area (Å²) in [7, 11) is 0. The Morgan fingerprint density at radius 2 is 1.67 bits per heavy atom. The van der Waals surface area contributed by atoms with E-state index in [1.54, 1.807) is 6.92 Å². The van der Waals surface area contributed by atoms with E-state index in [9.17, 15) is 30.3 Å². The summed E-state index contributed by atoms with van der Waals surface area (Å²) in [5.74, 6) is 0.0176. The summed E-state index contributed by atoms with van der Waals surface area (Å²) in [4.78, 5) is 11.2. The van der Waals surface area contributed by atoms with Gasteiger partial charge in [0.1, 0.15) is 0 Å². The van der Waals surface area contributed by atoms with Crippen molar-refractivity contribution >= 4 is 5.97 Å². The quantitative estimate of drug-likeness (QED) is 0.409. The molecule has 6 unspecified atom stereocenters. The zero-order valence-electron chi connectivity index (χ0n) is 20.9. The van der Waals surface area contributed by atoms with Gasteiger partial charge < -0.3 is 25.5 Å². The van der Waals surface area contributed by atoms with E-state index < -0.39 is 24.1 Å². The third kappa shape index (κ3) is 4.17. The van der Waals surface area contributed by atoms with Crippen molar-refractivity contribution < 1.29 is 30.3 Å². The van der Waals surface area contributed by atoms with Crippen molar-refractivity contribution in [1.29, 1.82) is 0 Å². The summed E-state index contributed by atoms with van der Waals surface area (Å²) in [5.41, 5.74) is -0.227. The number of hydrogen-bond acceptors (Lipinski definition) is 5. The first-order valence-electron chi connectivity index (χ1n) is 13.3. The molecule has 0 aliphatic heterocycles. The first-order chi connectivity index (χ1) is 15.4. The largest absolute Gasteiger partial charge is 0.481 e. The highest BCUT2D eigenvalue weighted by molar-refractivity contribution is 5.69. The molecule has 0 aromatic rings. The third-order valence-electron chi connectivity index (χ3n) is 11.2. The lowest BCUT2D eigenvalue weighted by molar-refractivity contribution is -0.207. The summed E-state index contributed by atoms with van der Waals surface area (Å²) in [6.45, 7) is 8.34. The van der Waals surface area contributed by atoms with E-state index in [0.717, 1.165) is 38.5 Å². The summed E-state index contributed by atoms with van der Waals surface area (Å²) in [6.07, 6.45) is 5.04. The molecule has 0 amide bonds. The lowest BCUT2D eigenvalue weighted by atomic mass is 9.43. The first kappa shape index (κ1) is 25.4. The number of hydrogen-bond donors (Lipinski definition) is 5. The predicted octanol–water partition coefficient (Wildman–Crippen LogP) is 3.45. The lowest BCUT2D eigenvalue weighted by Crippen LogP contribution is -2.62.